The second-order valence-electron chi connectivity index (χ2n) is 6.13. The first kappa shape index (κ1) is 16.8. The number of fused-ring (bicyclic) bond motifs is 1. The van der Waals surface area contributed by atoms with E-state index in [1.165, 1.54) is 4.88 Å². The maximum atomic E-state index is 11.8. The van der Waals surface area contributed by atoms with E-state index in [4.69, 9.17) is 16.3 Å². The molecule has 1 aromatic heterocycles. The van der Waals surface area contributed by atoms with Crippen LogP contribution in [0.2, 0.25) is 5.02 Å². The Kier molecular flexibility index (Phi) is 4.94. The van der Waals surface area contributed by atoms with Crippen LogP contribution >= 0.6 is 22.9 Å². The summed E-state index contributed by atoms with van der Waals surface area (Å²) in [6.45, 7) is 2.97. The Labute approximate surface area is 155 Å². The zero-order valence-corrected chi connectivity index (χ0v) is 15.2. The molecule has 0 aliphatic carbocycles. The van der Waals surface area contributed by atoms with Crippen LogP contribution in [0.1, 0.15) is 28.5 Å². The number of aliphatic imine (C=N–C) groups is 1. The zero-order chi connectivity index (χ0) is 17.2. The van der Waals surface area contributed by atoms with Gasteiger partial charge in [0.2, 0.25) is 0 Å². The maximum Gasteiger partial charge on any atom is 0.139 e. The van der Waals surface area contributed by atoms with Crippen LogP contribution in [0.25, 0.3) is 0 Å². The summed E-state index contributed by atoms with van der Waals surface area (Å²) < 4.78 is 5.50. The molecule has 0 radical (unpaired) electrons. The van der Waals surface area contributed by atoms with Crippen LogP contribution in [-0.4, -0.2) is 37.4 Å². The Morgan fingerprint density at radius 3 is 2.92 bits per heavy atom. The Hall–Kier alpha value is -1.60. The van der Waals surface area contributed by atoms with E-state index < -0.39 is 0 Å². The lowest BCUT2D eigenvalue weighted by molar-refractivity contribution is 0.0246. The number of morpholine rings is 1. The predicted molar refractivity (Wildman–Crippen MR) is 102 cm³/mol. The number of nitroso groups, excluding NO2 is 1. The van der Waals surface area contributed by atoms with E-state index in [9.17, 15) is 4.91 Å². The van der Waals surface area contributed by atoms with Crippen molar-refractivity contribution in [3.63, 3.8) is 0 Å². The van der Waals surface area contributed by atoms with E-state index in [0.29, 0.717) is 29.6 Å². The molecule has 130 valence electrons. The summed E-state index contributed by atoms with van der Waals surface area (Å²) in [5.41, 5.74) is 2.82. The first-order chi connectivity index (χ1) is 12.3. The average Bonchev–Trinajstić information content (AvgIpc) is 3.17. The van der Waals surface area contributed by atoms with Crippen molar-refractivity contribution in [1.29, 1.82) is 0 Å². The van der Waals surface area contributed by atoms with Crippen LogP contribution in [0, 0.1) is 4.91 Å². The van der Waals surface area contributed by atoms with Gasteiger partial charge in [0.25, 0.3) is 0 Å². The number of ether oxygens (including phenoxy) is 1. The Bertz CT molecular complexity index is 801. The second kappa shape index (κ2) is 7.33. The van der Waals surface area contributed by atoms with E-state index >= 15 is 0 Å². The van der Waals surface area contributed by atoms with Crippen LogP contribution in [-0.2, 0) is 11.2 Å². The number of hydrogen-bond donors (Lipinski definition) is 0. The molecule has 2 aromatic rings. The van der Waals surface area contributed by atoms with Crippen molar-refractivity contribution in [3.8, 4) is 0 Å². The third-order valence-corrected chi connectivity index (χ3v) is 5.97. The van der Waals surface area contributed by atoms with Gasteiger partial charge in [-0.25, -0.2) is 0 Å². The van der Waals surface area contributed by atoms with E-state index in [2.05, 4.69) is 26.5 Å². The molecule has 1 fully saturated rings. The molecule has 3 heterocycles. The van der Waals surface area contributed by atoms with Gasteiger partial charge in [0.15, 0.2) is 0 Å². The summed E-state index contributed by atoms with van der Waals surface area (Å²) in [5, 5.41) is 6.10. The van der Waals surface area contributed by atoms with Gasteiger partial charge in [-0.05, 0) is 41.1 Å². The minimum absolute atomic E-state index is 0.0588. The van der Waals surface area contributed by atoms with Crippen molar-refractivity contribution >= 4 is 40.5 Å². The first-order valence-electron chi connectivity index (χ1n) is 8.36. The lowest BCUT2D eigenvalue weighted by Gasteiger charge is -2.35. The fourth-order valence-corrected chi connectivity index (χ4v) is 4.72. The molecule has 0 saturated carbocycles. The van der Waals surface area contributed by atoms with Crippen molar-refractivity contribution in [3.05, 3.63) is 49.5 Å². The fourth-order valence-electron chi connectivity index (χ4n) is 3.54. The van der Waals surface area contributed by atoms with Gasteiger partial charge in [-0.1, -0.05) is 17.7 Å². The highest BCUT2D eigenvalue weighted by Crippen LogP contribution is 2.47. The smallest absolute Gasteiger partial charge is 0.139 e. The second-order valence-corrected chi connectivity index (χ2v) is 7.52. The Morgan fingerprint density at radius 2 is 2.20 bits per heavy atom. The van der Waals surface area contributed by atoms with Crippen molar-refractivity contribution < 1.29 is 4.74 Å². The summed E-state index contributed by atoms with van der Waals surface area (Å²) in [6, 6.07) is 5.98. The van der Waals surface area contributed by atoms with Crippen LogP contribution in [0.15, 0.2) is 33.7 Å². The van der Waals surface area contributed by atoms with Crippen molar-refractivity contribution in [1.82, 2.24) is 4.90 Å². The van der Waals surface area contributed by atoms with Crippen LogP contribution in [0.5, 0.6) is 0 Å². The summed E-state index contributed by atoms with van der Waals surface area (Å²) in [6.07, 6.45) is 3.47. The van der Waals surface area contributed by atoms with E-state index in [1.54, 1.807) is 11.3 Å². The SMILES string of the molecule is O=Nc1c(C(c2cccs2)N2CCOCC2)cc(Cl)c2c1N=CCC2. The van der Waals surface area contributed by atoms with Crippen molar-refractivity contribution in [2.75, 3.05) is 26.3 Å². The summed E-state index contributed by atoms with van der Waals surface area (Å²) in [5.74, 6) is 0. The number of halogens is 1. The van der Waals surface area contributed by atoms with Crippen LogP contribution in [0.4, 0.5) is 11.4 Å². The average molecular weight is 376 g/mol. The molecular weight excluding hydrogens is 358 g/mol. The highest BCUT2D eigenvalue weighted by Gasteiger charge is 2.31. The molecule has 1 saturated heterocycles. The van der Waals surface area contributed by atoms with Gasteiger partial charge in [-0.3, -0.25) is 9.89 Å². The molecule has 0 N–H and O–H groups in total. The molecule has 2 aliphatic heterocycles. The minimum Gasteiger partial charge on any atom is -0.379 e. The van der Waals surface area contributed by atoms with Crippen molar-refractivity contribution in [2.45, 2.75) is 18.9 Å². The number of rotatable bonds is 4. The molecule has 1 unspecified atom stereocenters. The monoisotopic (exact) mass is 375 g/mol. The highest BCUT2D eigenvalue weighted by molar-refractivity contribution is 7.10. The van der Waals surface area contributed by atoms with Crippen LogP contribution < -0.4 is 0 Å². The largest absolute Gasteiger partial charge is 0.379 e. The normalized spacial score (nSPS) is 18.8. The molecule has 1 atom stereocenters. The van der Waals surface area contributed by atoms with Gasteiger partial charge in [0, 0.05) is 34.8 Å². The highest BCUT2D eigenvalue weighted by atomic mass is 35.5. The number of nitrogens with zero attached hydrogens (tertiary/aromatic N) is 3. The summed E-state index contributed by atoms with van der Waals surface area (Å²) in [4.78, 5) is 19.7. The summed E-state index contributed by atoms with van der Waals surface area (Å²) in [7, 11) is 0. The van der Waals surface area contributed by atoms with Gasteiger partial charge < -0.3 is 4.74 Å². The summed E-state index contributed by atoms with van der Waals surface area (Å²) >= 11 is 8.24. The van der Waals surface area contributed by atoms with E-state index in [1.807, 2.05) is 18.3 Å². The Balaban J connectivity index is 1.88. The fraction of sp³-hybridized carbons (Fsp3) is 0.389. The molecule has 2 aliphatic rings. The van der Waals surface area contributed by atoms with E-state index in [0.717, 1.165) is 37.1 Å². The predicted octanol–water partition coefficient (Wildman–Crippen LogP) is 4.87. The van der Waals surface area contributed by atoms with Gasteiger partial charge in [-0.2, -0.15) is 0 Å². The van der Waals surface area contributed by atoms with Crippen LogP contribution in [0.3, 0.4) is 0 Å². The molecule has 1 aromatic carbocycles. The topological polar surface area (TPSA) is 54.3 Å². The van der Waals surface area contributed by atoms with Gasteiger partial charge >= 0.3 is 0 Å². The van der Waals surface area contributed by atoms with E-state index in [-0.39, 0.29) is 6.04 Å². The Morgan fingerprint density at radius 1 is 1.36 bits per heavy atom. The molecule has 5 nitrogen and oxygen atoms in total. The molecular formula is C18H18ClN3O2S. The standard InChI is InChI=1S/C18H18ClN3O2S/c19-14-11-13(17(21-23)16-12(14)3-1-5-20-16)18(15-4-2-10-25-15)22-6-8-24-9-7-22/h2,4-5,10-11,18H,1,3,6-9H2. The molecule has 0 amide bonds. The number of hydrogen-bond acceptors (Lipinski definition) is 6. The third kappa shape index (κ3) is 3.15. The number of thiophene rings is 1. The molecule has 25 heavy (non-hydrogen) atoms. The quantitative estimate of drug-likeness (QED) is 0.716. The maximum absolute atomic E-state index is 11.8. The molecule has 0 bridgehead atoms. The third-order valence-electron chi connectivity index (χ3n) is 4.71. The lowest BCUT2D eigenvalue weighted by Crippen LogP contribution is -2.39. The lowest BCUT2D eigenvalue weighted by atomic mass is 9.95. The molecule has 0 spiro atoms. The van der Waals surface area contributed by atoms with Gasteiger partial charge in [0.1, 0.15) is 5.69 Å². The molecule has 7 heteroatoms. The van der Waals surface area contributed by atoms with Gasteiger partial charge in [-0.15, -0.1) is 16.2 Å². The minimum atomic E-state index is -0.0588. The van der Waals surface area contributed by atoms with Crippen molar-refractivity contribution in [2.24, 2.45) is 10.2 Å². The van der Waals surface area contributed by atoms with Gasteiger partial charge in [0.05, 0.1) is 24.9 Å². The zero-order valence-electron chi connectivity index (χ0n) is 13.7. The number of benzene rings is 1. The first-order valence-corrected chi connectivity index (χ1v) is 9.61. The molecule has 4 rings (SSSR count).